The summed E-state index contributed by atoms with van der Waals surface area (Å²) in [6.07, 6.45) is -1.94. The van der Waals surface area contributed by atoms with Crippen LogP contribution in [-0.4, -0.2) is 27.1 Å². The van der Waals surface area contributed by atoms with Crippen LogP contribution in [0.2, 0.25) is 0 Å². The number of halogens is 1. The van der Waals surface area contributed by atoms with Crippen LogP contribution in [0, 0.1) is 10.1 Å². The number of nitrogens with two attached hydrogens (primary N) is 1. The third kappa shape index (κ3) is 4.37. The molecule has 1 aromatic carbocycles. The standard InChI is InChI=1S/C12H13ClN2O5/c13-12(14)10(17)5-4-9(16)11(18)7-2-1-3-8(6-7)15(19)20/h1-3,6,11-12,18H,4-5,14H2. The van der Waals surface area contributed by atoms with Crippen molar-refractivity contribution >= 4 is 28.9 Å². The fraction of sp³-hybridized carbons (Fsp3) is 0.333. The molecule has 108 valence electrons. The van der Waals surface area contributed by atoms with E-state index in [1.165, 1.54) is 18.2 Å². The normalized spacial score (nSPS) is 13.6. The zero-order valence-electron chi connectivity index (χ0n) is 10.4. The number of hydrogen-bond donors (Lipinski definition) is 2. The van der Waals surface area contributed by atoms with E-state index in [-0.39, 0.29) is 24.1 Å². The molecule has 0 aliphatic carbocycles. The van der Waals surface area contributed by atoms with E-state index in [0.717, 1.165) is 6.07 Å². The summed E-state index contributed by atoms with van der Waals surface area (Å²) in [5.74, 6) is -1.14. The van der Waals surface area contributed by atoms with Gasteiger partial charge in [-0.2, -0.15) is 0 Å². The van der Waals surface area contributed by atoms with Crippen LogP contribution in [0.25, 0.3) is 0 Å². The summed E-state index contributed by atoms with van der Waals surface area (Å²) in [6, 6.07) is 5.11. The molecule has 0 radical (unpaired) electrons. The second kappa shape index (κ2) is 7.09. The highest BCUT2D eigenvalue weighted by Crippen LogP contribution is 2.21. The van der Waals surface area contributed by atoms with E-state index < -0.39 is 28.1 Å². The molecule has 0 aliphatic rings. The van der Waals surface area contributed by atoms with Gasteiger partial charge in [0.25, 0.3) is 5.69 Å². The first kappa shape index (κ1) is 16.2. The molecule has 0 bridgehead atoms. The van der Waals surface area contributed by atoms with E-state index >= 15 is 0 Å². The summed E-state index contributed by atoms with van der Waals surface area (Å²) in [7, 11) is 0. The van der Waals surface area contributed by atoms with Gasteiger partial charge in [0, 0.05) is 25.0 Å². The molecule has 20 heavy (non-hydrogen) atoms. The second-order valence-corrected chi connectivity index (χ2v) is 4.56. The van der Waals surface area contributed by atoms with E-state index in [9.17, 15) is 24.8 Å². The zero-order chi connectivity index (χ0) is 15.3. The number of aliphatic hydroxyl groups is 1. The topological polar surface area (TPSA) is 124 Å². The average molecular weight is 301 g/mol. The highest BCUT2D eigenvalue weighted by atomic mass is 35.5. The average Bonchev–Trinajstić information content (AvgIpc) is 2.43. The quantitative estimate of drug-likeness (QED) is 0.336. The Morgan fingerprint density at radius 2 is 1.95 bits per heavy atom. The number of ketones is 2. The molecule has 0 heterocycles. The lowest BCUT2D eigenvalue weighted by Crippen LogP contribution is -2.25. The lowest BCUT2D eigenvalue weighted by Gasteiger charge is -2.09. The Balaban J connectivity index is 2.72. The summed E-state index contributed by atoms with van der Waals surface area (Å²) < 4.78 is 0. The van der Waals surface area contributed by atoms with Gasteiger partial charge in [-0.1, -0.05) is 23.7 Å². The molecule has 1 aromatic rings. The van der Waals surface area contributed by atoms with Crippen LogP contribution in [-0.2, 0) is 9.59 Å². The lowest BCUT2D eigenvalue weighted by atomic mass is 10.0. The fourth-order valence-corrected chi connectivity index (χ4v) is 1.62. The van der Waals surface area contributed by atoms with E-state index in [4.69, 9.17) is 17.3 Å². The summed E-state index contributed by atoms with van der Waals surface area (Å²) in [5.41, 5.74) is 3.82. The number of nitrogens with zero attached hydrogens (tertiary/aromatic N) is 1. The molecule has 1 rings (SSSR count). The third-order valence-electron chi connectivity index (χ3n) is 2.63. The van der Waals surface area contributed by atoms with Crippen LogP contribution in [0.4, 0.5) is 5.69 Å². The first-order valence-electron chi connectivity index (χ1n) is 5.70. The number of alkyl halides is 1. The number of nitro benzene ring substituents is 1. The lowest BCUT2D eigenvalue weighted by molar-refractivity contribution is -0.385. The summed E-state index contributed by atoms with van der Waals surface area (Å²) in [5, 5.41) is 20.4. The molecular formula is C12H13ClN2O5. The van der Waals surface area contributed by atoms with Crippen molar-refractivity contribution in [1.82, 2.24) is 0 Å². The molecule has 8 heteroatoms. The van der Waals surface area contributed by atoms with Crippen molar-refractivity contribution in [2.75, 3.05) is 0 Å². The number of nitro groups is 1. The Hall–Kier alpha value is -1.83. The monoisotopic (exact) mass is 300 g/mol. The van der Waals surface area contributed by atoms with E-state index in [1.807, 2.05) is 0 Å². The molecule has 2 unspecified atom stereocenters. The van der Waals surface area contributed by atoms with Gasteiger partial charge in [0.1, 0.15) is 11.6 Å². The number of benzene rings is 1. The number of carbonyl (C=O) groups is 2. The Morgan fingerprint density at radius 3 is 2.50 bits per heavy atom. The van der Waals surface area contributed by atoms with Crippen molar-refractivity contribution in [3.8, 4) is 0 Å². The molecule has 0 spiro atoms. The van der Waals surface area contributed by atoms with Crippen molar-refractivity contribution in [2.45, 2.75) is 24.4 Å². The molecule has 0 amide bonds. The van der Waals surface area contributed by atoms with E-state index in [0.29, 0.717) is 0 Å². The largest absolute Gasteiger partial charge is 0.381 e. The van der Waals surface area contributed by atoms with Gasteiger partial charge in [-0.25, -0.2) is 0 Å². The van der Waals surface area contributed by atoms with Crippen LogP contribution in [0.5, 0.6) is 0 Å². The summed E-state index contributed by atoms with van der Waals surface area (Å²) >= 11 is 5.34. The SMILES string of the molecule is NC(Cl)C(=O)CCC(=O)C(O)c1cccc([N+](=O)[O-])c1. The highest BCUT2D eigenvalue weighted by Gasteiger charge is 2.21. The fourth-order valence-electron chi connectivity index (χ4n) is 1.52. The van der Waals surface area contributed by atoms with Gasteiger partial charge in [-0.05, 0) is 5.56 Å². The predicted molar refractivity (Wildman–Crippen MR) is 71.1 cm³/mol. The zero-order valence-corrected chi connectivity index (χ0v) is 11.1. The van der Waals surface area contributed by atoms with Gasteiger partial charge in [0.15, 0.2) is 11.6 Å². The maximum atomic E-state index is 11.7. The minimum Gasteiger partial charge on any atom is -0.381 e. The van der Waals surface area contributed by atoms with Crippen LogP contribution in [0.3, 0.4) is 0 Å². The molecule has 0 aliphatic heterocycles. The van der Waals surface area contributed by atoms with E-state index in [1.54, 1.807) is 0 Å². The number of hydrogen-bond acceptors (Lipinski definition) is 6. The van der Waals surface area contributed by atoms with Gasteiger partial charge >= 0.3 is 0 Å². The van der Waals surface area contributed by atoms with Crippen molar-refractivity contribution in [3.63, 3.8) is 0 Å². The molecule has 0 fully saturated rings. The van der Waals surface area contributed by atoms with Crippen LogP contribution in [0.15, 0.2) is 24.3 Å². The van der Waals surface area contributed by atoms with Crippen LogP contribution < -0.4 is 5.73 Å². The maximum Gasteiger partial charge on any atom is 0.269 e. The van der Waals surface area contributed by atoms with Crippen molar-refractivity contribution in [1.29, 1.82) is 0 Å². The van der Waals surface area contributed by atoms with Crippen LogP contribution in [0.1, 0.15) is 24.5 Å². The van der Waals surface area contributed by atoms with E-state index in [2.05, 4.69) is 0 Å². The molecule has 7 nitrogen and oxygen atoms in total. The number of rotatable bonds is 7. The van der Waals surface area contributed by atoms with Gasteiger partial charge in [-0.15, -0.1) is 0 Å². The molecule has 0 aromatic heterocycles. The summed E-state index contributed by atoms with van der Waals surface area (Å²) in [4.78, 5) is 32.8. The number of carbonyl (C=O) groups excluding carboxylic acids is 2. The Bertz CT molecular complexity index is 532. The van der Waals surface area contributed by atoms with Crippen molar-refractivity contribution in [2.24, 2.45) is 5.73 Å². The van der Waals surface area contributed by atoms with Gasteiger partial charge < -0.3 is 10.8 Å². The second-order valence-electron chi connectivity index (χ2n) is 4.09. The molecule has 2 atom stereocenters. The third-order valence-corrected chi connectivity index (χ3v) is 2.87. The minimum atomic E-state index is -1.52. The molecule has 0 saturated carbocycles. The smallest absolute Gasteiger partial charge is 0.269 e. The Kier molecular flexibility index (Phi) is 5.75. The minimum absolute atomic E-state index is 0.104. The predicted octanol–water partition coefficient (Wildman–Crippen LogP) is 1.07. The Labute approximate surface area is 119 Å². The summed E-state index contributed by atoms with van der Waals surface area (Å²) in [6.45, 7) is 0. The van der Waals surface area contributed by atoms with Gasteiger partial charge in [0.2, 0.25) is 0 Å². The first-order valence-corrected chi connectivity index (χ1v) is 6.14. The number of aliphatic hydroxyl groups excluding tert-OH is 1. The molecular weight excluding hydrogens is 288 g/mol. The first-order chi connectivity index (χ1) is 9.32. The maximum absolute atomic E-state index is 11.7. The number of Topliss-reactive ketones (excluding diaryl/α,β-unsaturated/α-hetero) is 2. The molecule has 3 N–H and O–H groups in total. The Morgan fingerprint density at radius 1 is 1.35 bits per heavy atom. The molecule has 0 saturated heterocycles. The van der Waals surface area contributed by atoms with Crippen LogP contribution >= 0.6 is 11.6 Å². The number of non-ortho nitro benzene ring substituents is 1. The van der Waals surface area contributed by atoms with Gasteiger partial charge in [-0.3, -0.25) is 19.7 Å². The van der Waals surface area contributed by atoms with Crippen molar-refractivity contribution in [3.05, 3.63) is 39.9 Å². The van der Waals surface area contributed by atoms with Gasteiger partial charge in [0.05, 0.1) is 4.92 Å². The highest BCUT2D eigenvalue weighted by molar-refractivity contribution is 6.30. The van der Waals surface area contributed by atoms with Crippen molar-refractivity contribution < 1.29 is 19.6 Å².